The molecule has 0 aliphatic rings. The minimum atomic E-state index is -4.42. The maximum atomic E-state index is 12.5. The van der Waals surface area contributed by atoms with Gasteiger partial charge < -0.3 is 20.7 Å². The Kier molecular flexibility index (Phi) is 9.17. The molecule has 0 heterocycles. The molecular formula is C22H27F3N4O2. The first kappa shape index (κ1) is 24.0. The minimum absolute atomic E-state index is 0.0137. The van der Waals surface area contributed by atoms with Gasteiger partial charge in [0.2, 0.25) is 5.91 Å². The molecule has 0 aromatic heterocycles. The molecule has 0 saturated carbocycles. The van der Waals surface area contributed by atoms with Crippen LogP contribution in [0.3, 0.4) is 0 Å². The number of hydrogen-bond acceptors (Lipinski definition) is 3. The normalized spacial score (nSPS) is 11.7. The van der Waals surface area contributed by atoms with Crippen LogP contribution < -0.4 is 20.7 Å². The van der Waals surface area contributed by atoms with Crippen molar-refractivity contribution in [2.24, 2.45) is 4.99 Å². The lowest BCUT2D eigenvalue weighted by molar-refractivity contribution is -0.153. The fourth-order valence-corrected chi connectivity index (χ4v) is 2.72. The highest BCUT2D eigenvalue weighted by molar-refractivity contribution is 5.86. The first-order valence-electron chi connectivity index (χ1n) is 9.81. The Morgan fingerprint density at radius 1 is 1.06 bits per heavy atom. The number of hydrogen-bond donors (Lipinski definition) is 3. The topological polar surface area (TPSA) is 74.8 Å². The zero-order chi connectivity index (χ0) is 22.7. The van der Waals surface area contributed by atoms with E-state index in [1.165, 1.54) is 0 Å². The lowest BCUT2D eigenvalue weighted by atomic mass is 10.1. The number of carbonyl (C=O) groups excluding carboxylic acids is 1. The summed E-state index contributed by atoms with van der Waals surface area (Å²) in [6.45, 7) is 1.12. The van der Waals surface area contributed by atoms with Crippen molar-refractivity contribution in [3.8, 4) is 5.75 Å². The van der Waals surface area contributed by atoms with Crippen molar-refractivity contribution in [2.75, 3.05) is 26.7 Å². The SMILES string of the molecule is CN=C(NCC(=O)NCCc1ccccc1)NCc1ccc(C)cc1OCC(F)(F)F. The van der Waals surface area contributed by atoms with Gasteiger partial charge in [0.05, 0.1) is 6.54 Å². The van der Waals surface area contributed by atoms with Crippen molar-refractivity contribution < 1.29 is 22.7 Å². The van der Waals surface area contributed by atoms with Crippen LogP contribution in [0.25, 0.3) is 0 Å². The molecule has 2 aromatic carbocycles. The maximum Gasteiger partial charge on any atom is 0.422 e. The number of guanidine groups is 1. The summed E-state index contributed by atoms with van der Waals surface area (Å²) >= 11 is 0. The second kappa shape index (κ2) is 11.8. The monoisotopic (exact) mass is 436 g/mol. The first-order valence-corrected chi connectivity index (χ1v) is 9.81. The standard InChI is InChI=1S/C22H27F3N4O2/c1-16-8-9-18(19(12-16)31-15-22(23,24)25)13-28-21(26-2)29-14-20(30)27-11-10-17-6-4-3-5-7-17/h3-9,12H,10-11,13-15H2,1-2H3,(H,27,30)(H2,26,28,29). The number of carbonyl (C=O) groups is 1. The van der Waals surface area contributed by atoms with Crippen LogP contribution in [0.15, 0.2) is 53.5 Å². The largest absolute Gasteiger partial charge is 0.484 e. The number of aryl methyl sites for hydroxylation is 1. The van der Waals surface area contributed by atoms with Gasteiger partial charge in [-0.25, -0.2) is 0 Å². The van der Waals surface area contributed by atoms with Crippen LogP contribution in [0, 0.1) is 6.92 Å². The Morgan fingerprint density at radius 2 is 1.81 bits per heavy atom. The smallest absolute Gasteiger partial charge is 0.422 e. The number of nitrogens with zero attached hydrogens (tertiary/aromatic N) is 1. The summed E-state index contributed by atoms with van der Waals surface area (Å²) in [5.41, 5.74) is 2.47. The van der Waals surface area contributed by atoms with Crippen LogP contribution in [0.2, 0.25) is 0 Å². The molecule has 0 saturated heterocycles. The Hall–Kier alpha value is -3.23. The molecule has 1 amide bonds. The molecule has 3 N–H and O–H groups in total. The number of amides is 1. The lowest BCUT2D eigenvalue weighted by Crippen LogP contribution is -2.43. The first-order chi connectivity index (χ1) is 14.8. The van der Waals surface area contributed by atoms with Gasteiger partial charge in [-0.05, 0) is 30.5 Å². The summed E-state index contributed by atoms with van der Waals surface area (Å²) in [5, 5.41) is 8.68. The van der Waals surface area contributed by atoms with Crippen LogP contribution in [0.5, 0.6) is 5.75 Å². The van der Waals surface area contributed by atoms with Crippen LogP contribution in [0.1, 0.15) is 16.7 Å². The van der Waals surface area contributed by atoms with Gasteiger partial charge in [-0.3, -0.25) is 9.79 Å². The van der Waals surface area contributed by atoms with Crippen molar-refractivity contribution in [3.05, 3.63) is 65.2 Å². The van der Waals surface area contributed by atoms with Crippen molar-refractivity contribution in [2.45, 2.75) is 26.1 Å². The van der Waals surface area contributed by atoms with Crippen molar-refractivity contribution >= 4 is 11.9 Å². The lowest BCUT2D eigenvalue weighted by Gasteiger charge is -2.16. The fraction of sp³-hybridized carbons (Fsp3) is 0.364. The van der Waals surface area contributed by atoms with Crippen LogP contribution in [-0.2, 0) is 17.8 Å². The van der Waals surface area contributed by atoms with E-state index in [1.54, 1.807) is 32.2 Å². The number of rotatable bonds is 9. The zero-order valence-corrected chi connectivity index (χ0v) is 17.6. The molecule has 0 unspecified atom stereocenters. The highest BCUT2D eigenvalue weighted by Crippen LogP contribution is 2.23. The predicted octanol–water partition coefficient (Wildman–Crippen LogP) is 2.96. The van der Waals surface area contributed by atoms with E-state index in [9.17, 15) is 18.0 Å². The summed E-state index contributed by atoms with van der Waals surface area (Å²) < 4.78 is 42.4. The molecular weight excluding hydrogens is 409 g/mol. The Morgan fingerprint density at radius 3 is 2.48 bits per heavy atom. The molecule has 0 spiro atoms. The van der Waals surface area contributed by atoms with E-state index in [0.29, 0.717) is 18.1 Å². The Labute approximate surface area is 179 Å². The summed E-state index contributed by atoms with van der Waals surface area (Å²) in [6, 6.07) is 14.9. The molecule has 6 nitrogen and oxygen atoms in total. The molecule has 0 atom stereocenters. The van der Waals surface area contributed by atoms with Gasteiger partial charge in [-0.15, -0.1) is 0 Å². The third-order valence-corrected chi connectivity index (χ3v) is 4.28. The van der Waals surface area contributed by atoms with Crippen LogP contribution in [-0.4, -0.2) is 44.8 Å². The average molecular weight is 436 g/mol. The molecule has 168 valence electrons. The van der Waals surface area contributed by atoms with Crippen molar-refractivity contribution in [1.29, 1.82) is 0 Å². The van der Waals surface area contributed by atoms with Gasteiger partial charge in [-0.1, -0.05) is 42.5 Å². The second-order valence-corrected chi connectivity index (χ2v) is 6.88. The number of benzene rings is 2. The van der Waals surface area contributed by atoms with Gasteiger partial charge in [-0.2, -0.15) is 13.2 Å². The molecule has 0 fully saturated rings. The van der Waals surface area contributed by atoms with Crippen LogP contribution in [0.4, 0.5) is 13.2 Å². The Bertz CT molecular complexity index is 871. The van der Waals surface area contributed by atoms with Gasteiger partial charge in [0.1, 0.15) is 5.75 Å². The van der Waals surface area contributed by atoms with E-state index in [2.05, 4.69) is 20.9 Å². The summed E-state index contributed by atoms with van der Waals surface area (Å²) in [6.07, 6.45) is -3.69. The van der Waals surface area contributed by atoms with E-state index < -0.39 is 12.8 Å². The number of halogens is 3. The van der Waals surface area contributed by atoms with E-state index in [1.807, 2.05) is 30.3 Å². The molecule has 0 bridgehead atoms. The zero-order valence-electron chi connectivity index (χ0n) is 17.6. The van der Waals surface area contributed by atoms with Crippen molar-refractivity contribution in [1.82, 2.24) is 16.0 Å². The highest BCUT2D eigenvalue weighted by atomic mass is 19.4. The third kappa shape index (κ3) is 9.41. The molecule has 0 aliphatic heterocycles. The molecule has 9 heteroatoms. The van der Waals surface area contributed by atoms with E-state index in [-0.39, 0.29) is 24.7 Å². The number of nitrogens with one attached hydrogen (secondary N) is 3. The minimum Gasteiger partial charge on any atom is -0.484 e. The average Bonchev–Trinajstić information content (AvgIpc) is 2.73. The van der Waals surface area contributed by atoms with E-state index in [0.717, 1.165) is 17.5 Å². The number of aliphatic imine (C=N–C) groups is 1. The van der Waals surface area contributed by atoms with Gasteiger partial charge in [0.15, 0.2) is 12.6 Å². The molecule has 0 aliphatic carbocycles. The Balaban J connectivity index is 1.79. The molecule has 2 rings (SSSR count). The maximum absolute atomic E-state index is 12.5. The fourth-order valence-electron chi connectivity index (χ4n) is 2.72. The van der Waals surface area contributed by atoms with E-state index >= 15 is 0 Å². The number of alkyl halides is 3. The predicted molar refractivity (Wildman–Crippen MR) is 114 cm³/mol. The summed E-state index contributed by atoms with van der Waals surface area (Å²) in [7, 11) is 1.54. The second-order valence-electron chi connectivity index (χ2n) is 6.88. The van der Waals surface area contributed by atoms with Gasteiger partial charge >= 0.3 is 6.18 Å². The van der Waals surface area contributed by atoms with Gasteiger partial charge in [0, 0.05) is 25.7 Å². The highest BCUT2D eigenvalue weighted by Gasteiger charge is 2.28. The molecule has 2 aromatic rings. The van der Waals surface area contributed by atoms with E-state index in [4.69, 9.17) is 4.74 Å². The van der Waals surface area contributed by atoms with Gasteiger partial charge in [0.25, 0.3) is 0 Å². The van der Waals surface area contributed by atoms with Crippen molar-refractivity contribution in [3.63, 3.8) is 0 Å². The molecule has 0 radical (unpaired) electrons. The number of ether oxygens (including phenoxy) is 1. The summed E-state index contributed by atoms with van der Waals surface area (Å²) in [4.78, 5) is 16.0. The third-order valence-electron chi connectivity index (χ3n) is 4.28. The molecule has 31 heavy (non-hydrogen) atoms. The summed E-state index contributed by atoms with van der Waals surface area (Å²) in [5.74, 6) is 0.308. The van der Waals surface area contributed by atoms with Crippen LogP contribution >= 0.6 is 0 Å². The quantitative estimate of drug-likeness (QED) is 0.417.